The zero-order chi connectivity index (χ0) is 21.8. The van der Waals surface area contributed by atoms with Crippen LogP contribution >= 0.6 is 15.9 Å². The van der Waals surface area contributed by atoms with Crippen LogP contribution in [0.2, 0.25) is 0 Å². The van der Waals surface area contributed by atoms with E-state index >= 15 is 0 Å². The van der Waals surface area contributed by atoms with Crippen molar-refractivity contribution in [1.82, 2.24) is 9.97 Å². The Kier molecular flexibility index (Phi) is 14.6. The van der Waals surface area contributed by atoms with Crippen molar-refractivity contribution >= 4 is 49.1 Å². The molecule has 0 unspecified atom stereocenters. The predicted molar refractivity (Wildman–Crippen MR) is 121 cm³/mol. The minimum Gasteiger partial charge on any atom is -0.512 e. The Labute approximate surface area is 202 Å². The third-order valence-corrected chi connectivity index (χ3v) is 4.17. The number of nitrogens with two attached hydrogens (primary N) is 2. The third kappa shape index (κ3) is 7.99. The predicted octanol–water partition coefficient (Wildman–Crippen LogP) is 5.09. The molecule has 0 aliphatic carbocycles. The summed E-state index contributed by atoms with van der Waals surface area (Å²) in [6.45, 7) is 9.50. The SMILES string of the molecule is C.N#Cc1ccc2c(N)nccc2c1.Nc1nccc2cc(Br)ccc12.[C-]#N.[C-]#N.[Zn+2]. The first-order valence-electron chi connectivity index (χ1n) is 7.87. The number of nitriles is 1. The van der Waals surface area contributed by atoms with Crippen molar-refractivity contribution in [2.75, 3.05) is 11.5 Å². The van der Waals surface area contributed by atoms with Gasteiger partial charge in [0.1, 0.15) is 11.6 Å². The van der Waals surface area contributed by atoms with Gasteiger partial charge in [0.15, 0.2) is 0 Å². The Morgan fingerprint density at radius 2 is 1.23 bits per heavy atom. The molecule has 150 valence electrons. The van der Waals surface area contributed by atoms with E-state index < -0.39 is 0 Å². The quantitative estimate of drug-likeness (QED) is 0.240. The summed E-state index contributed by atoms with van der Waals surface area (Å²) in [6.07, 6.45) is 3.35. The summed E-state index contributed by atoms with van der Waals surface area (Å²) >= 11 is 3.40. The first kappa shape index (κ1) is 29.6. The van der Waals surface area contributed by atoms with E-state index in [0.717, 1.165) is 26.0 Å². The molecule has 0 amide bonds. The van der Waals surface area contributed by atoms with Crippen molar-refractivity contribution in [2.24, 2.45) is 0 Å². The average Bonchev–Trinajstić information content (AvgIpc) is 2.77. The Bertz CT molecular complexity index is 1190. The molecule has 0 atom stereocenters. The number of pyridine rings is 2. The van der Waals surface area contributed by atoms with Crippen LogP contribution in [-0.4, -0.2) is 9.97 Å². The molecule has 0 saturated heterocycles. The van der Waals surface area contributed by atoms with Gasteiger partial charge in [-0.1, -0.05) is 23.4 Å². The van der Waals surface area contributed by atoms with Crippen molar-refractivity contribution in [3.8, 4) is 6.07 Å². The van der Waals surface area contributed by atoms with Gasteiger partial charge in [0, 0.05) is 27.6 Å². The first-order valence-corrected chi connectivity index (χ1v) is 8.66. The van der Waals surface area contributed by atoms with E-state index in [1.807, 2.05) is 36.4 Å². The van der Waals surface area contributed by atoms with E-state index in [0.29, 0.717) is 17.2 Å². The maximum Gasteiger partial charge on any atom is 2.00 e. The van der Waals surface area contributed by atoms with E-state index in [4.69, 9.17) is 40.4 Å². The van der Waals surface area contributed by atoms with Gasteiger partial charge in [-0.2, -0.15) is 5.26 Å². The third-order valence-electron chi connectivity index (χ3n) is 3.68. The van der Waals surface area contributed by atoms with Gasteiger partial charge in [0.25, 0.3) is 0 Å². The molecule has 0 bridgehead atoms. The van der Waals surface area contributed by atoms with Gasteiger partial charge in [-0.3, -0.25) is 0 Å². The fourth-order valence-corrected chi connectivity index (χ4v) is 2.82. The molecule has 4 rings (SSSR count). The van der Waals surface area contributed by atoms with Crippen molar-refractivity contribution in [2.45, 2.75) is 7.43 Å². The topological polar surface area (TPSA) is 149 Å². The van der Waals surface area contributed by atoms with Crippen LogP contribution in [0.3, 0.4) is 0 Å². The van der Waals surface area contributed by atoms with Crippen LogP contribution in [0.5, 0.6) is 0 Å². The number of aromatic nitrogens is 2. The maximum atomic E-state index is 8.67. The van der Waals surface area contributed by atoms with E-state index in [-0.39, 0.29) is 26.9 Å². The molecule has 2 aromatic heterocycles. The van der Waals surface area contributed by atoms with Crippen LogP contribution in [0.4, 0.5) is 11.6 Å². The molecule has 0 spiro atoms. The molecule has 0 radical (unpaired) electrons. The second kappa shape index (κ2) is 15.3. The zero-order valence-corrected chi connectivity index (χ0v) is 20.3. The number of nitrogen functional groups attached to an aromatic ring is 2. The molecule has 2 heterocycles. The van der Waals surface area contributed by atoms with Crippen LogP contribution in [0.1, 0.15) is 13.0 Å². The minimum absolute atomic E-state index is 0. The fourth-order valence-electron chi connectivity index (χ4n) is 2.44. The Balaban J connectivity index is 0. The number of fused-ring (bicyclic) bond motifs is 2. The number of hydrogen-bond donors (Lipinski definition) is 2. The van der Waals surface area contributed by atoms with Crippen LogP contribution in [0.15, 0.2) is 65.4 Å². The molecule has 9 heteroatoms. The van der Waals surface area contributed by atoms with E-state index in [9.17, 15) is 0 Å². The van der Waals surface area contributed by atoms with Gasteiger partial charge in [0.2, 0.25) is 0 Å². The van der Waals surface area contributed by atoms with Crippen molar-refractivity contribution < 1.29 is 19.5 Å². The summed E-state index contributed by atoms with van der Waals surface area (Å²) in [4.78, 5) is 7.96. The summed E-state index contributed by atoms with van der Waals surface area (Å²) < 4.78 is 1.06. The monoisotopic (exact) mass is 523 g/mol. The number of hydrogen-bond acceptors (Lipinski definition) is 7. The van der Waals surface area contributed by atoms with Gasteiger partial charge < -0.3 is 35.1 Å². The molecule has 0 aliphatic heterocycles. The van der Waals surface area contributed by atoms with Crippen LogP contribution in [0, 0.1) is 35.0 Å². The van der Waals surface area contributed by atoms with E-state index in [1.165, 1.54) is 0 Å². The summed E-state index contributed by atoms with van der Waals surface area (Å²) in [5, 5.41) is 25.1. The average molecular weight is 526 g/mol. The molecule has 2 aromatic carbocycles. The number of benzene rings is 2. The van der Waals surface area contributed by atoms with Gasteiger partial charge in [0.05, 0.1) is 11.6 Å². The van der Waals surface area contributed by atoms with Crippen LogP contribution in [-0.2, 0) is 19.5 Å². The zero-order valence-electron chi connectivity index (χ0n) is 15.7. The van der Waals surface area contributed by atoms with Gasteiger partial charge >= 0.3 is 19.5 Å². The van der Waals surface area contributed by atoms with E-state index in [1.54, 1.807) is 24.5 Å². The summed E-state index contributed by atoms with van der Waals surface area (Å²) in [7, 11) is 0. The number of rotatable bonds is 0. The van der Waals surface area contributed by atoms with E-state index in [2.05, 4.69) is 32.0 Å². The van der Waals surface area contributed by atoms with Gasteiger partial charge in [-0.05, 0) is 59.3 Å². The Morgan fingerprint density at radius 1 is 0.774 bits per heavy atom. The summed E-state index contributed by atoms with van der Waals surface area (Å²) in [5.41, 5.74) is 12.0. The Hall–Kier alpha value is -3.57. The number of halogens is 1. The number of anilines is 2. The largest absolute Gasteiger partial charge is 2.00 e. The standard InChI is InChI=1S/C10H7N3.C9H7BrN2.2CN.CH4.Zn/c11-6-7-1-2-9-8(5-7)3-4-13-10(9)12;10-7-1-2-8-6(5-7)3-4-12-9(8)11;2*1-2;;/h1-5H,(H2,12,13);1-5H,(H2,11,12);;;1H4;/q;;2*-1;;+2. The van der Waals surface area contributed by atoms with Crippen molar-refractivity contribution in [1.29, 1.82) is 15.8 Å². The Morgan fingerprint density at radius 3 is 1.71 bits per heavy atom. The van der Waals surface area contributed by atoms with Crippen molar-refractivity contribution in [3.05, 3.63) is 84.1 Å². The van der Waals surface area contributed by atoms with Crippen LogP contribution in [0.25, 0.3) is 21.5 Å². The molecule has 7 nitrogen and oxygen atoms in total. The molecule has 0 fully saturated rings. The van der Waals surface area contributed by atoms with Crippen molar-refractivity contribution in [3.63, 3.8) is 0 Å². The van der Waals surface area contributed by atoms with Gasteiger partial charge in [-0.25, -0.2) is 9.97 Å². The smallest absolute Gasteiger partial charge is 0.512 e. The molecule has 31 heavy (non-hydrogen) atoms. The molecule has 0 aliphatic rings. The minimum atomic E-state index is 0. The fraction of sp³-hybridized carbons (Fsp3) is 0.0455. The van der Waals surface area contributed by atoms with Crippen LogP contribution < -0.4 is 11.5 Å². The molecule has 0 saturated carbocycles. The molecular formula is C22H18BrN7Zn. The molecular weight excluding hydrogens is 508 g/mol. The second-order valence-electron chi connectivity index (χ2n) is 5.31. The summed E-state index contributed by atoms with van der Waals surface area (Å²) in [6, 6.07) is 17.1. The first-order chi connectivity index (χ1) is 14.1. The normalized spacial score (nSPS) is 8.26. The second-order valence-corrected chi connectivity index (χ2v) is 6.22. The number of nitrogens with zero attached hydrogens (tertiary/aromatic N) is 5. The molecule has 4 N–H and O–H groups in total. The summed E-state index contributed by atoms with van der Waals surface area (Å²) in [5.74, 6) is 1.09. The maximum absolute atomic E-state index is 8.67. The van der Waals surface area contributed by atoms with Gasteiger partial charge in [-0.15, -0.1) is 0 Å². The molecule has 4 aromatic rings.